The third kappa shape index (κ3) is 6.66. The van der Waals surface area contributed by atoms with E-state index >= 15 is 0 Å². The molecule has 6 nitrogen and oxygen atoms in total. The number of hydrogen-bond acceptors (Lipinski definition) is 4. The molecule has 1 fully saturated rings. The van der Waals surface area contributed by atoms with Crippen LogP contribution in [-0.4, -0.2) is 74.0 Å². The number of nitrogens with one attached hydrogen (secondary N) is 2. The Hall–Kier alpha value is -1.60. The van der Waals surface area contributed by atoms with Gasteiger partial charge in [0.1, 0.15) is 0 Å². The second-order valence-electron chi connectivity index (χ2n) is 6.41. The minimum absolute atomic E-state index is 0.180. The Bertz CT molecular complexity index is 538. The van der Waals surface area contributed by atoms with E-state index in [-0.39, 0.29) is 5.91 Å². The summed E-state index contributed by atoms with van der Waals surface area (Å²) in [7, 11) is 0. The van der Waals surface area contributed by atoms with Crippen molar-refractivity contribution in [3.8, 4) is 0 Å². The number of amides is 1. The van der Waals surface area contributed by atoms with Gasteiger partial charge in [-0.2, -0.15) is 0 Å². The van der Waals surface area contributed by atoms with Crippen molar-refractivity contribution in [2.75, 3.05) is 52.4 Å². The fourth-order valence-corrected chi connectivity index (χ4v) is 3.63. The van der Waals surface area contributed by atoms with E-state index in [4.69, 9.17) is 4.99 Å². The Morgan fingerprint density at radius 1 is 1.32 bits per heavy atom. The lowest BCUT2D eigenvalue weighted by Gasteiger charge is -2.34. The lowest BCUT2D eigenvalue weighted by molar-refractivity contribution is -0.130. The summed E-state index contributed by atoms with van der Waals surface area (Å²) in [4.78, 5) is 21.8. The van der Waals surface area contributed by atoms with Crippen LogP contribution >= 0.6 is 11.3 Å². The van der Waals surface area contributed by atoms with Crippen LogP contribution in [0, 0.1) is 0 Å². The van der Waals surface area contributed by atoms with Gasteiger partial charge in [0.2, 0.25) is 5.91 Å². The molecule has 1 aromatic rings. The normalized spacial score (nSPS) is 17.4. The zero-order valence-electron chi connectivity index (χ0n) is 15.6. The molecule has 2 heterocycles. The molecule has 1 aliphatic heterocycles. The van der Waals surface area contributed by atoms with Crippen molar-refractivity contribution in [3.63, 3.8) is 0 Å². The molecule has 25 heavy (non-hydrogen) atoms. The summed E-state index contributed by atoms with van der Waals surface area (Å²) < 4.78 is 0. The van der Waals surface area contributed by atoms with Gasteiger partial charge in [-0.05, 0) is 18.4 Å². The van der Waals surface area contributed by atoms with Crippen molar-refractivity contribution < 1.29 is 4.79 Å². The molecule has 1 saturated heterocycles. The number of rotatable bonds is 7. The quantitative estimate of drug-likeness (QED) is 0.569. The van der Waals surface area contributed by atoms with Crippen LogP contribution in [0.15, 0.2) is 22.5 Å². The lowest BCUT2D eigenvalue weighted by Crippen LogP contribution is -2.50. The molecular formula is C18H31N5OS. The van der Waals surface area contributed by atoms with Gasteiger partial charge < -0.3 is 15.5 Å². The first-order chi connectivity index (χ1) is 12.1. The number of carbonyl (C=O) groups excluding carboxylic acids is 1. The molecule has 140 valence electrons. The Morgan fingerprint density at radius 3 is 2.68 bits per heavy atom. The van der Waals surface area contributed by atoms with E-state index in [1.54, 1.807) is 18.3 Å². The van der Waals surface area contributed by atoms with E-state index in [1.807, 2.05) is 4.90 Å². The zero-order chi connectivity index (χ0) is 18.1. The molecule has 2 N–H and O–H groups in total. The van der Waals surface area contributed by atoms with Crippen LogP contribution in [0.3, 0.4) is 0 Å². The summed E-state index contributed by atoms with van der Waals surface area (Å²) in [6, 6.07) is 4.27. The van der Waals surface area contributed by atoms with E-state index in [0.717, 1.165) is 58.3 Å². The highest BCUT2D eigenvalue weighted by molar-refractivity contribution is 7.10. The van der Waals surface area contributed by atoms with E-state index in [0.29, 0.717) is 5.92 Å². The van der Waals surface area contributed by atoms with Gasteiger partial charge in [0, 0.05) is 63.5 Å². The summed E-state index contributed by atoms with van der Waals surface area (Å²) >= 11 is 1.79. The average Bonchev–Trinajstić information content (AvgIpc) is 3.14. The second kappa shape index (κ2) is 10.4. The number of carbonyl (C=O) groups is 1. The van der Waals surface area contributed by atoms with E-state index in [2.05, 4.69) is 46.9 Å². The molecule has 0 bridgehead atoms. The van der Waals surface area contributed by atoms with Crippen molar-refractivity contribution in [1.82, 2.24) is 20.4 Å². The Kier molecular flexibility index (Phi) is 8.21. The van der Waals surface area contributed by atoms with Gasteiger partial charge in [0.15, 0.2) is 5.96 Å². The lowest BCUT2D eigenvalue weighted by atomic mass is 10.1. The first-order valence-electron chi connectivity index (χ1n) is 9.13. The zero-order valence-corrected chi connectivity index (χ0v) is 16.4. The maximum atomic E-state index is 11.4. The molecule has 2 rings (SSSR count). The van der Waals surface area contributed by atoms with Crippen molar-refractivity contribution in [3.05, 3.63) is 22.4 Å². The molecule has 1 amide bonds. The standard InChI is InChI=1S/C18H31N5OS/c1-4-19-18(21-14-15(2)17-6-5-13-25-17)20-7-8-22-9-11-23(12-10-22)16(3)24/h5-6,13,15H,4,7-12,14H2,1-3H3,(H2,19,20,21). The van der Waals surface area contributed by atoms with Gasteiger partial charge in [0.25, 0.3) is 0 Å². The largest absolute Gasteiger partial charge is 0.357 e. The predicted molar refractivity (Wildman–Crippen MR) is 105 cm³/mol. The van der Waals surface area contributed by atoms with Gasteiger partial charge in [0.05, 0.1) is 6.54 Å². The number of aliphatic imine (C=N–C) groups is 1. The smallest absolute Gasteiger partial charge is 0.219 e. The fraction of sp³-hybridized carbons (Fsp3) is 0.667. The fourth-order valence-electron chi connectivity index (χ4n) is 2.85. The number of guanidine groups is 1. The summed E-state index contributed by atoms with van der Waals surface area (Å²) in [6.45, 7) is 13.0. The average molecular weight is 366 g/mol. The summed E-state index contributed by atoms with van der Waals surface area (Å²) in [6.07, 6.45) is 0. The monoisotopic (exact) mass is 365 g/mol. The molecule has 1 aromatic heterocycles. The van der Waals surface area contributed by atoms with Crippen LogP contribution in [0.25, 0.3) is 0 Å². The molecule has 0 spiro atoms. The molecular weight excluding hydrogens is 334 g/mol. The van der Waals surface area contributed by atoms with Crippen LogP contribution < -0.4 is 10.6 Å². The predicted octanol–water partition coefficient (Wildman–Crippen LogP) is 1.57. The van der Waals surface area contributed by atoms with Crippen molar-refractivity contribution in [2.24, 2.45) is 4.99 Å². The number of piperazine rings is 1. The Morgan fingerprint density at radius 2 is 2.08 bits per heavy atom. The second-order valence-corrected chi connectivity index (χ2v) is 7.39. The third-order valence-electron chi connectivity index (χ3n) is 4.43. The third-order valence-corrected chi connectivity index (χ3v) is 5.54. The topological polar surface area (TPSA) is 60.0 Å². The van der Waals surface area contributed by atoms with Crippen molar-refractivity contribution in [2.45, 2.75) is 26.7 Å². The van der Waals surface area contributed by atoms with E-state index < -0.39 is 0 Å². The van der Waals surface area contributed by atoms with E-state index in [1.165, 1.54) is 4.88 Å². The van der Waals surface area contributed by atoms with Crippen LogP contribution in [0.1, 0.15) is 31.6 Å². The number of nitrogens with zero attached hydrogens (tertiary/aromatic N) is 3. The molecule has 0 saturated carbocycles. The molecule has 0 aromatic carbocycles. The number of hydrogen-bond donors (Lipinski definition) is 2. The highest BCUT2D eigenvalue weighted by Gasteiger charge is 2.17. The highest BCUT2D eigenvalue weighted by atomic mass is 32.1. The van der Waals surface area contributed by atoms with Crippen molar-refractivity contribution in [1.29, 1.82) is 0 Å². The van der Waals surface area contributed by atoms with Crippen LogP contribution in [-0.2, 0) is 4.79 Å². The first-order valence-corrected chi connectivity index (χ1v) is 10.0. The SMILES string of the molecule is CCNC(=NCC(C)c1cccs1)NCCN1CCN(C(C)=O)CC1. The highest BCUT2D eigenvalue weighted by Crippen LogP contribution is 2.20. The molecule has 1 aliphatic rings. The Balaban J connectivity index is 1.72. The molecule has 0 radical (unpaired) electrons. The molecule has 1 unspecified atom stereocenters. The molecule has 7 heteroatoms. The van der Waals surface area contributed by atoms with Gasteiger partial charge in [-0.3, -0.25) is 14.7 Å². The van der Waals surface area contributed by atoms with Crippen LogP contribution in [0.4, 0.5) is 0 Å². The van der Waals surface area contributed by atoms with Gasteiger partial charge in [-0.15, -0.1) is 11.3 Å². The summed E-state index contributed by atoms with van der Waals surface area (Å²) in [5.41, 5.74) is 0. The maximum Gasteiger partial charge on any atom is 0.219 e. The van der Waals surface area contributed by atoms with Gasteiger partial charge in [-0.25, -0.2) is 0 Å². The van der Waals surface area contributed by atoms with Crippen LogP contribution in [0.2, 0.25) is 0 Å². The molecule has 0 aliphatic carbocycles. The van der Waals surface area contributed by atoms with Gasteiger partial charge in [-0.1, -0.05) is 13.0 Å². The van der Waals surface area contributed by atoms with E-state index in [9.17, 15) is 4.79 Å². The minimum atomic E-state index is 0.180. The summed E-state index contributed by atoms with van der Waals surface area (Å²) in [5, 5.41) is 8.85. The Labute approximate surface area is 155 Å². The van der Waals surface area contributed by atoms with Crippen LogP contribution in [0.5, 0.6) is 0 Å². The number of thiophene rings is 1. The minimum Gasteiger partial charge on any atom is -0.357 e. The van der Waals surface area contributed by atoms with Crippen molar-refractivity contribution >= 4 is 23.2 Å². The maximum absolute atomic E-state index is 11.4. The molecule has 1 atom stereocenters. The first kappa shape index (κ1) is 19.7. The van der Waals surface area contributed by atoms with Gasteiger partial charge >= 0.3 is 0 Å². The summed E-state index contributed by atoms with van der Waals surface area (Å²) in [5.74, 6) is 1.50.